The van der Waals surface area contributed by atoms with E-state index in [1.807, 2.05) is 36.4 Å². The van der Waals surface area contributed by atoms with Gasteiger partial charge in [-0.05, 0) is 40.2 Å². The van der Waals surface area contributed by atoms with Crippen LogP contribution < -0.4 is 5.32 Å². The Kier molecular flexibility index (Phi) is 5.12. The number of nitrogens with one attached hydrogen (secondary N) is 1. The van der Waals surface area contributed by atoms with Crippen LogP contribution in [0.15, 0.2) is 70.7 Å². The average Bonchev–Trinajstić information content (AvgIpc) is 3.13. The van der Waals surface area contributed by atoms with Crippen molar-refractivity contribution < 1.29 is 4.79 Å². The molecule has 3 aromatic heterocycles. The molecular formula is C18H13BrN6OS. The third kappa shape index (κ3) is 3.99. The summed E-state index contributed by atoms with van der Waals surface area (Å²) < 4.78 is 2.61. The highest BCUT2D eigenvalue weighted by atomic mass is 79.9. The summed E-state index contributed by atoms with van der Waals surface area (Å²) in [6, 6.07) is 13.3. The lowest BCUT2D eigenvalue weighted by Gasteiger charge is -2.05. The number of nitrogens with zero attached hydrogens (tertiary/aromatic N) is 5. The van der Waals surface area contributed by atoms with E-state index in [9.17, 15) is 4.79 Å². The van der Waals surface area contributed by atoms with Gasteiger partial charge in [0.2, 0.25) is 5.91 Å². The number of hydrogen-bond donors (Lipinski definition) is 1. The molecule has 0 saturated carbocycles. The molecule has 134 valence electrons. The normalized spacial score (nSPS) is 10.9. The minimum absolute atomic E-state index is 0.156. The number of pyridine rings is 1. The number of anilines is 1. The third-order valence-electron chi connectivity index (χ3n) is 3.66. The van der Waals surface area contributed by atoms with Crippen molar-refractivity contribution in [3.05, 3.63) is 65.7 Å². The van der Waals surface area contributed by atoms with Gasteiger partial charge < -0.3 is 5.32 Å². The van der Waals surface area contributed by atoms with Gasteiger partial charge in [0.15, 0.2) is 5.65 Å². The second-order valence-corrected chi connectivity index (χ2v) is 7.39. The number of fused-ring (bicyclic) bond motifs is 1. The van der Waals surface area contributed by atoms with Gasteiger partial charge in [-0.1, -0.05) is 30.0 Å². The molecule has 0 unspecified atom stereocenters. The maximum Gasteiger partial charge on any atom is 0.235 e. The lowest BCUT2D eigenvalue weighted by molar-refractivity contribution is -0.113. The van der Waals surface area contributed by atoms with Crippen LogP contribution in [0.2, 0.25) is 0 Å². The van der Waals surface area contributed by atoms with Crippen molar-refractivity contribution in [1.82, 2.24) is 24.7 Å². The van der Waals surface area contributed by atoms with Gasteiger partial charge in [0, 0.05) is 10.7 Å². The fourth-order valence-electron chi connectivity index (χ4n) is 2.46. The maximum atomic E-state index is 12.2. The average molecular weight is 441 g/mol. The first-order chi connectivity index (χ1) is 13.2. The highest BCUT2D eigenvalue weighted by Crippen LogP contribution is 2.25. The van der Waals surface area contributed by atoms with Crippen LogP contribution in [0.3, 0.4) is 0 Å². The number of carbonyl (C=O) groups is 1. The third-order valence-corrected chi connectivity index (χ3v) is 5.14. The molecule has 0 bridgehead atoms. The van der Waals surface area contributed by atoms with Gasteiger partial charge in [0.25, 0.3) is 0 Å². The molecule has 27 heavy (non-hydrogen) atoms. The molecular weight excluding hydrogens is 428 g/mol. The molecule has 0 spiro atoms. The summed E-state index contributed by atoms with van der Waals surface area (Å²) in [5.41, 5.74) is 1.62. The fraction of sp³-hybridized carbons (Fsp3) is 0.0556. The van der Waals surface area contributed by atoms with E-state index in [1.165, 1.54) is 18.1 Å². The van der Waals surface area contributed by atoms with E-state index in [0.717, 1.165) is 15.5 Å². The van der Waals surface area contributed by atoms with Gasteiger partial charge in [-0.25, -0.2) is 19.6 Å². The van der Waals surface area contributed by atoms with Crippen LogP contribution in [0.4, 0.5) is 5.82 Å². The van der Waals surface area contributed by atoms with Crippen molar-refractivity contribution in [2.45, 2.75) is 5.03 Å². The summed E-state index contributed by atoms with van der Waals surface area (Å²) >= 11 is 4.65. The van der Waals surface area contributed by atoms with Gasteiger partial charge in [-0.2, -0.15) is 5.10 Å². The Morgan fingerprint density at radius 2 is 1.93 bits per heavy atom. The molecule has 1 amide bonds. The number of benzene rings is 1. The molecule has 0 atom stereocenters. The second kappa shape index (κ2) is 7.85. The number of halogens is 1. The Morgan fingerprint density at radius 1 is 1.07 bits per heavy atom. The molecule has 7 nitrogen and oxygen atoms in total. The van der Waals surface area contributed by atoms with Gasteiger partial charge in [-0.15, -0.1) is 0 Å². The summed E-state index contributed by atoms with van der Waals surface area (Å²) in [4.78, 5) is 25.0. The fourth-order valence-corrected chi connectivity index (χ4v) is 3.45. The van der Waals surface area contributed by atoms with Gasteiger partial charge in [-0.3, -0.25) is 4.79 Å². The zero-order valence-corrected chi connectivity index (χ0v) is 16.3. The van der Waals surface area contributed by atoms with Crippen LogP contribution in [0.25, 0.3) is 16.7 Å². The predicted octanol–water partition coefficient (Wildman–Crippen LogP) is 3.70. The molecule has 9 heteroatoms. The van der Waals surface area contributed by atoms with Crippen LogP contribution in [0, 0.1) is 0 Å². The number of aromatic nitrogens is 5. The van der Waals surface area contributed by atoms with Crippen LogP contribution in [-0.2, 0) is 4.79 Å². The molecule has 0 radical (unpaired) electrons. The number of thioether (sulfide) groups is 1. The quantitative estimate of drug-likeness (QED) is 0.376. The molecule has 0 saturated heterocycles. The lowest BCUT2D eigenvalue weighted by Crippen LogP contribution is -2.15. The maximum absolute atomic E-state index is 12.2. The highest BCUT2D eigenvalue weighted by molar-refractivity contribution is 9.10. The van der Waals surface area contributed by atoms with Crippen LogP contribution in [0.1, 0.15) is 0 Å². The first-order valence-electron chi connectivity index (χ1n) is 7.99. The molecule has 1 N–H and O–H groups in total. The number of para-hydroxylation sites is 1. The predicted molar refractivity (Wildman–Crippen MR) is 108 cm³/mol. The smallest absolute Gasteiger partial charge is 0.235 e. The van der Waals surface area contributed by atoms with Crippen LogP contribution in [-0.4, -0.2) is 36.4 Å². The number of rotatable bonds is 5. The van der Waals surface area contributed by atoms with Gasteiger partial charge >= 0.3 is 0 Å². The topological polar surface area (TPSA) is 85.6 Å². The van der Waals surface area contributed by atoms with Crippen molar-refractivity contribution >= 4 is 50.5 Å². The van der Waals surface area contributed by atoms with Gasteiger partial charge in [0.1, 0.15) is 17.2 Å². The van der Waals surface area contributed by atoms with Gasteiger partial charge in [0.05, 0.1) is 23.0 Å². The summed E-state index contributed by atoms with van der Waals surface area (Å²) in [6.45, 7) is 0. The Labute approximate surface area is 167 Å². The van der Waals surface area contributed by atoms with Crippen molar-refractivity contribution in [2.75, 3.05) is 11.1 Å². The zero-order valence-electron chi connectivity index (χ0n) is 13.9. The number of carbonyl (C=O) groups excluding carboxylic acids is 1. The van der Waals surface area contributed by atoms with E-state index in [0.29, 0.717) is 16.5 Å². The molecule has 0 aliphatic carbocycles. The first kappa shape index (κ1) is 17.6. The van der Waals surface area contributed by atoms with E-state index in [1.54, 1.807) is 23.1 Å². The number of hydrogen-bond acceptors (Lipinski definition) is 6. The standard InChI is InChI=1S/C18H13BrN6OS/c19-12-6-7-15(20-8-12)24-16(26)10-27-18-14-9-23-25(17(14)21-11-22-18)13-4-2-1-3-5-13/h1-9,11H,10H2,(H,20,24,26). The Balaban J connectivity index is 1.50. The summed E-state index contributed by atoms with van der Waals surface area (Å²) in [5.74, 6) is 0.561. The summed E-state index contributed by atoms with van der Waals surface area (Å²) in [7, 11) is 0. The Bertz CT molecular complexity index is 1080. The molecule has 0 aliphatic rings. The van der Waals surface area contributed by atoms with Crippen molar-refractivity contribution in [3.63, 3.8) is 0 Å². The Hall–Kier alpha value is -2.78. The largest absolute Gasteiger partial charge is 0.310 e. The molecule has 0 fully saturated rings. The van der Waals surface area contributed by atoms with Crippen LogP contribution >= 0.6 is 27.7 Å². The highest BCUT2D eigenvalue weighted by Gasteiger charge is 2.13. The summed E-state index contributed by atoms with van der Waals surface area (Å²) in [6.07, 6.45) is 4.84. The van der Waals surface area contributed by atoms with Crippen molar-refractivity contribution in [1.29, 1.82) is 0 Å². The first-order valence-corrected chi connectivity index (χ1v) is 9.77. The second-order valence-electron chi connectivity index (χ2n) is 5.51. The van der Waals surface area contributed by atoms with Crippen LogP contribution in [0.5, 0.6) is 0 Å². The van der Waals surface area contributed by atoms with Crippen molar-refractivity contribution in [2.24, 2.45) is 0 Å². The Morgan fingerprint density at radius 3 is 2.70 bits per heavy atom. The van der Waals surface area contributed by atoms with E-state index >= 15 is 0 Å². The summed E-state index contributed by atoms with van der Waals surface area (Å²) in [5, 5.41) is 8.69. The lowest BCUT2D eigenvalue weighted by atomic mass is 10.3. The monoisotopic (exact) mass is 440 g/mol. The SMILES string of the molecule is O=C(CSc1ncnc2c1cnn2-c1ccccc1)Nc1ccc(Br)cn1. The van der Waals surface area contributed by atoms with E-state index < -0.39 is 0 Å². The zero-order chi connectivity index (χ0) is 18.6. The minimum atomic E-state index is -0.156. The van der Waals surface area contributed by atoms with E-state index in [-0.39, 0.29) is 11.7 Å². The number of amides is 1. The molecule has 1 aromatic carbocycles. The molecule has 3 heterocycles. The molecule has 0 aliphatic heterocycles. The van der Waals surface area contributed by atoms with Crippen molar-refractivity contribution in [3.8, 4) is 5.69 Å². The minimum Gasteiger partial charge on any atom is -0.310 e. The molecule has 4 rings (SSSR count). The van der Waals surface area contributed by atoms with E-state index in [4.69, 9.17) is 0 Å². The molecule has 4 aromatic rings. The van der Waals surface area contributed by atoms with E-state index in [2.05, 4.69) is 41.3 Å².